The van der Waals surface area contributed by atoms with Crippen LogP contribution in [-0.2, 0) is 4.79 Å². The zero-order valence-electron chi connectivity index (χ0n) is 15.5. The third kappa shape index (κ3) is 5.80. The number of furan rings is 1. The molecule has 1 unspecified atom stereocenters. The first-order chi connectivity index (χ1) is 11.4. The van der Waals surface area contributed by atoms with E-state index in [2.05, 4.69) is 5.32 Å². The number of benzene rings is 1. The third-order valence-electron chi connectivity index (χ3n) is 4.12. The Labute approximate surface area is 155 Å². The quantitative estimate of drug-likeness (QED) is 0.815. The van der Waals surface area contributed by atoms with Crippen molar-refractivity contribution < 1.29 is 13.9 Å². The van der Waals surface area contributed by atoms with Crippen LogP contribution in [-0.4, -0.2) is 38.1 Å². The van der Waals surface area contributed by atoms with E-state index in [1.165, 1.54) is 0 Å². The summed E-state index contributed by atoms with van der Waals surface area (Å²) in [5, 5.41) is 2.91. The van der Waals surface area contributed by atoms with Gasteiger partial charge in [-0.3, -0.25) is 9.69 Å². The van der Waals surface area contributed by atoms with E-state index in [4.69, 9.17) is 9.15 Å². The number of hydrogen-bond acceptors (Lipinski definition) is 4. The Hall–Kier alpha value is -1.98. The van der Waals surface area contributed by atoms with Crippen molar-refractivity contribution in [2.24, 2.45) is 0 Å². The molecular formula is C19H27ClN2O3. The Bertz CT molecular complexity index is 698. The molecule has 1 amide bonds. The number of carbonyl (C=O) groups is 1. The highest BCUT2D eigenvalue weighted by atomic mass is 35.5. The molecule has 0 fully saturated rings. The Morgan fingerprint density at radius 3 is 2.52 bits per heavy atom. The van der Waals surface area contributed by atoms with Crippen LogP contribution in [0.3, 0.4) is 0 Å². The minimum atomic E-state index is -0.147. The molecule has 6 heteroatoms. The predicted octanol–water partition coefficient (Wildman–Crippen LogP) is 3.42. The highest BCUT2D eigenvalue weighted by Gasteiger charge is 2.18. The van der Waals surface area contributed by atoms with Crippen molar-refractivity contribution >= 4 is 18.3 Å². The van der Waals surface area contributed by atoms with Crippen molar-refractivity contribution in [2.75, 3.05) is 27.2 Å². The largest absolute Gasteiger partial charge is 0.483 e. The number of aryl methyl sites for hydroxylation is 2. The summed E-state index contributed by atoms with van der Waals surface area (Å²) in [7, 11) is 3.92. The molecule has 0 radical (unpaired) electrons. The number of hydrogen-bond donors (Lipinski definition) is 1. The normalized spacial score (nSPS) is 11.8. The highest BCUT2D eigenvalue weighted by Crippen LogP contribution is 2.21. The Morgan fingerprint density at radius 2 is 1.92 bits per heavy atom. The average Bonchev–Trinajstić information content (AvgIpc) is 2.95. The lowest BCUT2D eigenvalue weighted by Gasteiger charge is -2.22. The molecule has 1 atom stereocenters. The van der Waals surface area contributed by atoms with Crippen LogP contribution < -0.4 is 10.1 Å². The molecule has 1 heterocycles. The van der Waals surface area contributed by atoms with Crippen LogP contribution in [0.15, 0.2) is 34.7 Å². The molecule has 0 aliphatic carbocycles. The molecule has 0 saturated heterocycles. The summed E-state index contributed by atoms with van der Waals surface area (Å²) in [4.78, 5) is 14.1. The number of halogens is 1. The number of ether oxygens (including phenoxy) is 1. The van der Waals surface area contributed by atoms with Crippen molar-refractivity contribution in [1.82, 2.24) is 10.2 Å². The van der Waals surface area contributed by atoms with Crippen LogP contribution in [0.2, 0.25) is 0 Å². The number of amides is 1. The fourth-order valence-electron chi connectivity index (χ4n) is 2.46. The minimum Gasteiger partial charge on any atom is -0.483 e. The first kappa shape index (κ1) is 21.1. The van der Waals surface area contributed by atoms with E-state index in [9.17, 15) is 4.79 Å². The third-order valence-corrected chi connectivity index (χ3v) is 4.12. The summed E-state index contributed by atoms with van der Waals surface area (Å²) < 4.78 is 11.3. The molecular weight excluding hydrogens is 340 g/mol. The van der Waals surface area contributed by atoms with Crippen molar-refractivity contribution in [3.05, 3.63) is 53.0 Å². The van der Waals surface area contributed by atoms with Crippen LogP contribution in [0.25, 0.3) is 0 Å². The van der Waals surface area contributed by atoms with Gasteiger partial charge in [0.1, 0.15) is 17.3 Å². The van der Waals surface area contributed by atoms with Gasteiger partial charge in [0.25, 0.3) is 5.91 Å². The minimum absolute atomic E-state index is 0. The zero-order valence-corrected chi connectivity index (χ0v) is 16.3. The molecule has 1 aromatic carbocycles. The summed E-state index contributed by atoms with van der Waals surface area (Å²) in [5.41, 5.74) is 2.20. The maximum absolute atomic E-state index is 12.1. The van der Waals surface area contributed by atoms with Gasteiger partial charge in [0, 0.05) is 6.54 Å². The highest BCUT2D eigenvalue weighted by molar-refractivity contribution is 5.85. The fourth-order valence-corrected chi connectivity index (χ4v) is 2.46. The number of likely N-dealkylation sites (N-methyl/N-ethyl adjacent to an activating group) is 1. The van der Waals surface area contributed by atoms with E-state index in [0.29, 0.717) is 6.54 Å². The number of carbonyl (C=O) groups excluding carboxylic acids is 1. The van der Waals surface area contributed by atoms with E-state index in [1.54, 1.807) is 0 Å². The first-order valence-electron chi connectivity index (χ1n) is 8.07. The summed E-state index contributed by atoms with van der Waals surface area (Å²) >= 11 is 0. The maximum atomic E-state index is 12.1. The average molecular weight is 367 g/mol. The second kappa shape index (κ2) is 9.49. The Morgan fingerprint density at radius 1 is 1.20 bits per heavy atom. The molecule has 1 aromatic heterocycles. The van der Waals surface area contributed by atoms with Gasteiger partial charge in [0.2, 0.25) is 0 Å². The number of nitrogens with one attached hydrogen (secondary N) is 1. The molecule has 138 valence electrons. The van der Waals surface area contributed by atoms with E-state index in [0.717, 1.165) is 28.4 Å². The van der Waals surface area contributed by atoms with Gasteiger partial charge in [-0.15, -0.1) is 12.4 Å². The van der Waals surface area contributed by atoms with Crippen LogP contribution >= 0.6 is 12.4 Å². The molecule has 0 spiro atoms. The predicted molar refractivity (Wildman–Crippen MR) is 102 cm³/mol. The van der Waals surface area contributed by atoms with Crippen LogP contribution in [0.1, 0.15) is 28.7 Å². The Kier molecular flexibility index (Phi) is 8.00. The molecule has 5 nitrogen and oxygen atoms in total. The molecule has 0 bridgehead atoms. The Balaban J connectivity index is 0.00000312. The lowest BCUT2D eigenvalue weighted by atomic mass is 10.1. The van der Waals surface area contributed by atoms with Crippen LogP contribution in [0, 0.1) is 20.8 Å². The van der Waals surface area contributed by atoms with Gasteiger partial charge in [-0.25, -0.2) is 0 Å². The van der Waals surface area contributed by atoms with Crippen LogP contribution in [0.4, 0.5) is 0 Å². The van der Waals surface area contributed by atoms with Crippen LogP contribution in [0.5, 0.6) is 5.75 Å². The number of rotatable bonds is 7. The molecule has 2 aromatic rings. The molecule has 0 aliphatic rings. The van der Waals surface area contributed by atoms with Crippen molar-refractivity contribution in [3.63, 3.8) is 0 Å². The summed E-state index contributed by atoms with van der Waals surface area (Å²) in [6.45, 7) is 6.39. The van der Waals surface area contributed by atoms with E-state index >= 15 is 0 Å². The summed E-state index contributed by atoms with van der Waals surface area (Å²) in [5.74, 6) is 2.30. The topological polar surface area (TPSA) is 54.7 Å². The van der Waals surface area contributed by atoms with Crippen molar-refractivity contribution in [2.45, 2.75) is 26.8 Å². The van der Waals surface area contributed by atoms with Gasteiger partial charge in [-0.05, 0) is 64.2 Å². The molecule has 25 heavy (non-hydrogen) atoms. The second-order valence-electron chi connectivity index (χ2n) is 6.22. The standard InChI is InChI=1S/C19H26N2O3.ClH/c1-13-7-6-8-17(15(13)3)23-12-19(22)20-11-16(21(4)5)18-10-9-14(2)24-18;/h6-10,16H,11-12H2,1-5H3,(H,20,22);1H. The molecule has 0 aliphatic heterocycles. The molecule has 2 rings (SSSR count). The van der Waals surface area contributed by atoms with E-state index in [1.807, 2.05) is 70.1 Å². The summed E-state index contributed by atoms with van der Waals surface area (Å²) in [6.07, 6.45) is 0. The lowest BCUT2D eigenvalue weighted by molar-refractivity contribution is -0.123. The maximum Gasteiger partial charge on any atom is 0.258 e. The van der Waals surface area contributed by atoms with Gasteiger partial charge in [-0.1, -0.05) is 12.1 Å². The molecule has 0 saturated carbocycles. The summed E-state index contributed by atoms with van der Waals surface area (Å²) in [6, 6.07) is 9.69. The number of nitrogens with zero attached hydrogens (tertiary/aromatic N) is 1. The SMILES string of the molecule is Cc1ccc(C(CNC(=O)COc2cccc(C)c2C)N(C)C)o1.Cl. The van der Waals surface area contributed by atoms with Gasteiger partial charge >= 0.3 is 0 Å². The van der Waals surface area contributed by atoms with Gasteiger partial charge < -0.3 is 14.5 Å². The van der Waals surface area contributed by atoms with E-state index < -0.39 is 0 Å². The lowest BCUT2D eigenvalue weighted by Crippen LogP contribution is -2.36. The second-order valence-corrected chi connectivity index (χ2v) is 6.22. The first-order valence-corrected chi connectivity index (χ1v) is 8.07. The van der Waals surface area contributed by atoms with Gasteiger partial charge in [0.15, 0.2) is 6.61 Å². The molecule has 1 N–H and O–H groups in total. The van der Waals surface area contributed by atoms with E-state index in [-0.39, 0.29) is 31.0 Å². The van der Waals surface area contributed by atoms with Gasteiger partial charge in [-0.2, -0.15) is 0 Å². The van der Waals surface area contributed by atoms with Crippen molar-refractivity contribution in [3.8, 4) is 5.75 Å². The van der Waals surface area contributed by atoms with Gasteiger partial charge in [0.05, 0.1) is 6.04 Å². The monoisotopic (exact) mass is 366 g/mol. The zero-order chi connectivity index (χ0) is 17.7. The van der Waals surface area contributed by atoms with Crippen molar-refractivity contribution in [1.29, 1.82) is 0 Å². The fraction of sp³-hybridized carbons (Fsp3) is 0.421. The smallest absolute Gasteiger partial charge is 0.258 e.